The Balaban J connectivity index is 1.74. The molecule has 0 heterocycles. The van der Waals surface area contributed by atoms with Crippen molar-refractivity contribution in [2.24, 2.45) is 5.10 Å². The van der Waals surface area contributed by atoms with Gasteiger partial charge in [-0.1, -0.05) is 0 Å². The third-order valence-electron chi connectivity index (χ3n) is 3.80. The maximum atomic E-state index is 12.0. The summed E-state index contributed by atoms with van der Waals surface area (Å²) in [4.78, 5) is 35.1. The second-order valence-electron chi connectivity index (χ2n) is 6.83. The Kier molecular flexibility index (Phi) is 9.03. The van der Waals surface area contributed by atoms with Crippen molar-refractivity contribution in [3.63, 3.8) is 0 Å². The van der Waals surface area contributed by atoms with Crippen molar-refractivity contribution in [3.8, 4) is 11.5 Å². The Morgan fingerprint density at radius 2 is 1.58 bits per heavy atom. The van der Waals surface area contributed by atoms with E-state index in [0.717, 1.165) is 0 Å². The molecule has 9 heteroatoms. The van der Waals surface area contributed by atoms with E-state index in [0.29, 0.717) is 22.7 Å². The Morgan fingerprint density at radius 3 is 2.19 bits per heavy atom. The van der Waals surface area contributed by atoms with Gasteiger partial charge >= 0.3 is 0 Å². The molecular formula is C22H26N4O5. The van der Waals surface area contributed by atoms with E-state index in [2.05, 4.69) is 21.2 Å². The van der Waals surface area contributed by atoms with Crippen LogP contribution in [0.15, 0.2) is 53.6 Å². The van der Waals surface area contributed by atoms with Gasteiger partial charge in [0.15, 0.2) is 6.61 Å². The molecule has 0 saturated heterocycles. The second kappa shape index (κ2) is 12.0. The molecule has 0 bridgehead atoms. The standard InChI is InChI=1S/C22H26N4O5/c1-15(2)24-20(27)12-21(28)26-23-13-16-4-8-19(9-5-16)31-14-22(29)25-17-6-10-18(30-3)11-7-17/h4-11,13,15H,12,14H2,1-3H3,(H,24,27)(H,25,29)(H,26,28)/b23-13+. The van der Waals surface area contributed by atoms with Crippen LogP contribution in [0.4, 0.5) is 5.69 Å². The molecule has 164 valence electrons. The van der Waals surface area contributed by atoms with Crippen LogP contribution < -0.4 is 25.5 Å². The van der Waals surface area contributed by atoms with Gasteiger partial charge in [0.05, 0.1) is 13.3 Å². The fourth-order valence-corrected chi connectivity index (χ4v) is 2.41. The average Bonchev–Trinajstić information content (AvgIpc) is 2.73. The number of amides is 3. The number of nitrogens with zero attached hydrogens (tertiary/aromatic N) is 1. The van der Waals surface area contributed by atoms with Gasteiger partial charge in [0.25, 0.3) is 5.91 Å². The molecule has 0 aliphatic rings. The molecule has 0 radical (unpaired) electrons. The number of benzene rings is 2. The SMILES string of the molecule is COc1ccc(NC(=O)COc2ccc(/C=N/NC(=O)CC(=O)NC(C)C)cc2)cc1. The van der Waals surface area contributed by atoms with E-state index in [-0.39, 0.29) is 30.9 Å². The van der Waals surface area contributed by atoms with Crippen LogP contribution in [-0.4, -0.2) is 43.7 Å². The van der Waals surface area contributed by atoms with Gasteiger partial charge in [-0.3, -0.25) is 14.4 Å². The zero-order valence-electron chi connectivity index (χ0n) is 17.7. The fraction of sp³-hybridized carbons (Fsp3) is 0.273. The molecule has 0 aromatic heterocycles. The lowest BCUT2D eigenvalue weighted by atomic mass is 10.2. The summed E-state index contributed by atoms with van der Waals surface area (Å²) < 4.78 is 10.5. The number of carbonyl (C=O) groups is 3. The lowest BCUT2D eigenvalue weighted by molar-refractivity contribution is -0.129. The predicted molar refractivity (Wildman–Crippen MR) is 117 cm³/mol. The fourth-order valence-electron chi connectivity index (χ4n) is 2.41. The van der Waals surface area contributed by atoms with Gasteiger partial charge in [-0.15, -0.1) is 0 Å². The summed E-state index contributed by atoms with van der Waals surface area (Å²) in [6.07, 6.45) is 1.15. The minimum atomic E-state index is -0.503. The number of carbonyl (C=O) groups excluding carboxylic acids is 3. The van der Waals surface area contributed by atoms with E-state index < -0.39 is 5.91 Å². The van der Waals surface area contributed by atoms with Gasteiger partial charge in [-0.25, -0.2) is 5.43 Å². The van der Waals surface area contributed by atoms with Crippen molar-refractivity contribution in [2.75, 3.05) is 19.0 Å². The highest BCUT2D eigenvalue weighted by Gasteiger charge is 2.09. The molecule has 31 heavy (non-hydrogen) atoms. The molecule has 2 rings (SSSR count). The van der Waals surface area contributed by atoms with Crippen LogP contribution in [0.5, 0.6) is 11.5 Å². The van der Waals surface area contributed by atoms with Crippen LogP contribution in [-0.2, 0) is 14.4 Å². The number of anilines is 1. The first kappa shape index (κ1) is 23.4. The Bertz CT molecular complexity index is 909. The third kappa shape index (κ3) is 8.99. The van der Waals surface area contributed by atoms with Crippen LogP contribution in [0.1, 0.15) is 25.8 Å². The molecule has 2 aromatic rings. The van der Waals surface area contributed by atoms with E-state index in [1.807, 2.05) is 13.8 Å². The van der Waals surface area contributed by atoms with E-state index in [1.54, 1.807) is 55.6 Å². The number of rotatable bonds is 10. The number of nitrogens with one attached hydrogen (secondary N) is 3. The van der Waals surface area contributed by atoms with Gasteiger partial charge in [0.2, 0.25) is 11.8 Å². The van der Waals surface area contributed by atoms with Gasteiger partial charge in [-0.05, 0) is 67.9 Å². The minimum absolute atomic E-state index is 0.0296. The summed E-state index contributed by atoms with van der Waals surface area (Å²) in [5.74, 6) is 0.0583. The van der Waals surface area contributed by atoms with Crippen LogP contribution in [0.3, 0.4) is 0 Å². The van der Waals surface area contributed by atoms with Gasteiger partial charge in [-0.2, -0.15) is 5.10 Å². The predicted octanol–water partition coefficient (Wildman–Crippen LogP) is 2.08. The van der Waals surface area contributed by atoms with Crippen molar-refractivity contribution in [3.05, 3.63) is 54.1 Å². The monoisotopic (exact) mass is 426 g/mol. The Labute approximate surface area is 180 Å². The zero-order chi connectivity index (χ0) is 22.6. The van der Waals surface area contributed by atoms with Crippen molar-refractivity contribution in [1.82, 2.24) is 10.7 Å². The molecular weight excluding hydrogens is 400 g/mol. The summed E-state index contributed by atoms with van der Waals surface area (Å²) in [5.41, 5.74) is 3.65. The van der Waals surface area contributed by atoms with Crippen LogP contribution >= 0.6 is 0 Å². The van der Waals surface area contributed by atoms with Crippen molar-refractivity contribution < 1.29 is 23.9 Å². The summed E-state index contributed by atoms with van der Waals surface area (Å²) in [5, 5.41) is 9.17. The number of hydrogen-bond acceptors (Lipinski definition) is 6. The first-order valence-electron chi connectivity index (χ1n) is 9.63. The van der Waals surface area contributed by atoms with Gasteiger partial charge < -0.3 is 20.1 Å². The second-order valence-corrected chi connectivity index (χ2v) is 6.83. The van der Waals surface area contributed by atoms with E-state index in [9.17, 15) is 14.4 Å². The molecule has 0 aliphatic heterocycles. The summed E-state index contributed by atoms with van der Waals surface area (Å²) in [6, 6.07) is 13.7. The molecule has 0 spiro atoms. The van der Waals surface area contributed by atoms with E-state index >= 15 is 0 Å². The van der Waals surface area contributed by atoms with E-state index in [4.69, 9.17) is 9.47 Å². The molecule has 2 aromatic carbocycles. The largest absolute Gasteiger partial charge is 0.497 e. The normalized spacial score (nSPS) is 10.6. The van der Waals surface area contributed by atoms with Crippen molar-refractivity contribution in [1.29, 1.82) is 0 Å². The lowest BCUT2D eigenvalue weighted by Gasteiger charge is -2.08. The number of hydrogen-bond donors (Lipinski definition) is 3. The first-order chi connectivity index (χ1) is 14.9. The number of ether oxygens (including phenoxy) is 2. The van der Waals surface area contributed by atoms with Crippen LogP contribution in [0.25, 0.3) is 0 Å². The Hall–Kier alpha value is -3.88. The quantitative estimate of drug-likeness (QED) is 0.305. The van der Waals surface area contributed by atoms with Gasteiger partial charge in [0, 0.05) is 11.7 Å². The van der Waals surface area contributed by atoms with Crippen molar-refractivity contribution >= 4 is 29.6 Å². The highest BCUT2D eigenvalue weighted by molar-refractivity contribution is 5.97. The first-order valence-corrected chi connectivity index (χ1v) is 9.63. The topological polar surface area (TPSA) is 118 Å². The minimum Gasteiger partial charge on any atom is -0.497 e. The summed E-state index contributed by atoms with van der Waals surface area (Å²) in [6.45, 7) is 3.48. The molecule has 0 fully saturated rings. The summed E-state index contributed by atoms with van der Waals surface area (Å²) >= 11 is 0. The smallest absolute Gasteiger partial charge is 0.262 e. The number of methoxy groups -OCH3 is 1. The third-order valence-corrected chi connectivity index (χ3v) is 3.80. The Morgan fingerprint density at radius 1 is 0.935 bits per heavy atom. The maximum absolute atomic E-state index is 12.0. The zero-order valence-corrected chi connectivity index (χ0v) is 17.7. The molecule has 0 atom stereocenters. The molecule has 0 saturated carbocycles. The maximum Gasteiger partial charge on any atom is 0.262 e. The highest BCUT2D eigenvalue weighted by Crippen LogP contribution is 2.15. The number of hydrazone groups is 1. The molecule has 9 nitrogen and oxygen atoms in total. The summed E-state index contributed by atoms with van der Waals surface area (Å²) in [7, 11) is 1.57. The highest BCUT2D eigenvalue weighted by atomic mass is 16.5. The van der Waals surface area contributed by atoms with Crippen LogP contribution in [0, 0.1) is 0 Å². The van der Waals surface area contributed by atoms with Crippen molar-refractivity contribution in [2.45, 2.75) is 26.3 Å². The molecule has 3 N–H and O–H groups in total. The van der Waals surface area contributed by atoms with E-state index in [1.165, 1.54) is 6.21 Å². The molecule has 0 aliphatic carbocycles. The molecule has 0 unspecified atom stereocenters. The molecule has 3 amide bonds. The van der Waals surface area contributed by atoms with Crippen LogP contribution in [0.2, 0.25) is 0 Å². The van der Waals surface area contributed by atoms with Gasteiger partial charge in [0.1, 0.15) is 17.9 Å². The average molecular weight is 426 g/mol. The lowest BCUT2D eigenvalue weighted by Crippen LogP contribution is -2.34.